The molecule has 0 unspecified atom stereocenters. The van der Waals surface area contributed by atoms with Crippen molar-refractivity contribution in [3.05, 3.63) is 78.8 Å². The van der Waals surface area contributed by atoms with Crippen LogP contribution in [0.1, 0.15) is 10.4 Å². The molecule has 1 aromatic carbocycles. The molecule has 0 atom stereocenters. The summed E-state index contributed by atoms with van der Waals surface area (Å²) in [5.74, 6) is -1.37. The Labute approximate surface area is 209 Å². The van der Waals surface area contributed by atoms with Gasteiger partial charge in [0.25, 0.3) is 11.7 Å². The summed E-state index contributed by atoms with van der Waals surface area (Å²) < 4.78 is 16.1. The van der Waals surface area contributed by atoms with Crippen molar-refractivity contribution >= 4 is 28.5 Å². The Morgan fingerprint density at radius 2 is 1.78 bits per heavy atom. The van der Waals surface area contributed by atoms with Gasteiger partial charge in [0.15, 0.2) is 11.6 Å². The first-order chi connectivity index (χ1) is 18.1. The van der Waals surface area contributed by atoms with Gasteiger partial charge in [0.1, 0.15) is 0 Å². The number of ketones is 1. The highest BCUT2D eigenvalue weighted by molar-refractivity contribution is 6.45. The summed E-state index contributed by atoms with van der Waals surface area (Å²) >= 11 is 0. The van der Waals surface area contributed by atoms with Gasteiger partial charge in [0.2, 0.25) is 5.95 Å². The van der Waals surface area contributed by atoms with Gasteiger partial charge in [0, 0.05) is 44.1 Å². The summed E-state index contributed by atoms with van der Waals surface area (Å²) in [6.07, 6.45) is 7.04. The second-order valence-electron chi connectivity index (χ2n) is 8.45. The molecule has 1 aliphatic rings. The van der Waals surface area contributed by atoms with Crippen molar-refractivity contribution < 1.29 is 14.0 Å². The standard InChI is InChI=1S/C25H20FN9O2/c26-18-15-29-23(35-9-8-30-32-35)21-20(18)17(14-28-21)22(36)24(37)33-10-12-34(13-11-33)25-27-7-6-19(31-25)16-4-2-1-3-5-16/h1-9,14-15,28H,10-13H2. The van der Waals surface area contributed by atoms with Crippen LogP contribution in [0.5, 0.6) is 0 Å². The van der Waals surface area contributed by atoms with E-state index in [9.17, 15) is 14.0 Å². The second-order valence-corrected chi connectivity index (χ2v) is 8.45. The second kappa shape index (κ2) is 9.22. The highest BCUT2D eigenvalue weighted by atomic mass is 19.1. The maximum Gasteiger partial charge on any atom is 0.295 e. The number of nitrogens with one attached hydrogen (secondary N) is 1. The first-order valence-electron chi connectivity index (χ1n) is 11.6. The van der Waals surface area contributed by atoms with Gasteiger partial charge in [-0.3, -0.25) is 9.59 Å². The van der Waals surface area contributed by atoms with Crippen LogP contribution in [0, 0.1) is 5.82 Å². The van der Waals surface area contributed by atoms with E-state index in [1.807, 2.05) is 41.3 Å². The van der Waals surface area contributed by atoms with Gasteiger partial charge in [-0.2, -0.15) is 0 Å². The minimum Gasteiger partial charge on any atom is -0.357 e. The number of hydrogen-bond donors (Lipinski definition) is 1. The molecule has 0 spiro atoms. The van der Waals surface area contributed by atoms with E-state index in [1.165, 1.54) is 22.0 Å². The molecule has 11 nitrogen and oxygen atoms in total. The van der Waals surface area contributed by atoms with Crippen LogP contribution in [-0.4, -0.2) is 77.7 Å². The Morgan fingerprint density at radius 3 is 2.54 bits per heavy atom. The number of piperazine rings is 1. The molecule has 37 heavy (non-hydrogen) atoms. The minimum absolute atomic E-state index is 0.0105. The van der Waals surface area contributed by atoms with Gasteiger partial charge >= 0.3 is 0 Å². The molecule has 1 amide bonds. The van der Waals surface area contributed by atoms with Crippen molar-refractivity contribution in [2.24, 2.45) is 0 Å². The smallest absolute Gasteiger partial charge is 0.295 e. The largest absolute Gasteiger partial charge is 0.357 e. The Hall–Kier alpha value is -5.00. The van der Waals surface area contributed by atoms with Crippen molar-refractivity contribution in [3.8, 4) is 17.1 Å². The first kappa shape index (κ1) is 22.5. The minimum atomic E-state index is -0.795. The fraction of sp³-hybridized carbons (Fsp3) is 0.160. The molecular formula is C25H20FN9O2. The fourth-order valence-electron chi connectivity index (χ4n) is 4.41. The molecule has 184 valence electrons. The third-order valence-electron chi connectivity index (χ3n) is 6.28. The zero-order valence-electron chi connectivity index (χ0n) is 19.5. The molecule has 0 saturated carbocycles. The van der Waals surface area contributed by atoms with Gasteiger partial charge in [-0.1, -0.05) is 35.5 Å². The molecule has 0 bridgehead atoms. The van der Waals surface area contributed by atoms with Crippen LogP contribution in [0.25, 0.3) is 28.0 Å². The molecule has 4 aromatic heterocycles. The predicted molar refractivity (Wildman–Crippen MR) is 132 cm³/mol. The number of H-pyrrole nitrogens is 1. The van der Waals surface area contributed by atoms with E-state index in [4.69, 9.17) is 0 Å². The monoisotopic (exact) mass is 497 g/mol. The SMILES string of the molecule is O=C(C(=O)N1CCN(c2nccc(-c3ccccc3)n2)CC1)c1c[nH]c2c(-n3ccnn3)ncc(F)c12. The molecule has 12 heteroatoms. The molecular weight excluding hydrogens is 477 g/mol. The summed E-state index contributed by atoms with van der Waals surface area (Å²) in [5.41, 5.74) is 1.99. The number of carbonyl (C=O) groups excluding carboxylic acids is 2. The Morgan fingerprint density at radius 1 is 0.973 bits per heavy atom. The number of aromatic nitrogens is 7. The summed E-state index contributed by atoms with van der Waals surface area (Å²) in [6, 6.07) is 11.6. The molecule has 0 aliphatic carbocycles. The van der Waals surface area contributed by atoms with E-state index < -0.39 is 17.5 Å². The first-order valence-corrected chi connectivity index (χ1v) is 11.6. The molecule has 5 aromatic rings. The topological polar surface area (TPSA) is 126 Å². The Balaban J connectivity index is 1.19. The van der Waals surface area contributed by atoms with Crippen LogP contribution in [0.15, 0.2) is 67.4 Å². The van der Waals surface area contributed by atoms with Crippen LogP contribution in [0.3, 0.4) is 0 Å². The highest BCUT2D eigenvalue weighted by Crippen LogP contribution is 2.26. The molecule has 1 aliphatic heterocycles. The predicted octanol–water partition coefficient (Wildman–Crippen LogP) is 2.27. The van der Waals surface area contributed by atoms with E-state index in [1.54, 1.807) is 12.4 Å². The van der Waals surface area contributed by atoms with E-state index in [0.29, 0.717) is 32.1 Å². The quantitative estimate of drug-likeness (QED) is 0.290. The average Bonchev–Trinajstić information content (AvgIpc) is 3.65. The molecule has 6 rings (SSSR count). The lowest BCUT2D eigenvalue weighted by Gasteiger charge is -2.34. The Bertz CT molecular complexity index is 1590. The van der Waals surface area contributed by atoms with Crippen LogP contribution < -0.4 is 4.90 Å². The molecule has 0 radical (unpaired) electrons. The van der Waals surface area contributed by atoms with Gasteiger partial charge < -0.3 is 14.8 Å². The van der Waals surface area contributed by atoms with Gasteiger partial charge in [-0.15, -0.1) is 5.10 Å². The summed E-state index contributed by atoms with van der Waals surface area (Å²) in [5, 5.41) is 7.59. The summed E-state index contributed by atoms with van der Waals surface area (Å²) in [4.78, 5) is 45.7. The van der Waals surface area contributed by atoms with Crippen LogP contribution in [-0.2, 0) is 4.79 Å². The fourth-order valence-corrected chi connectivity index (χ4v) is 4.41. The lowest BCUT2D eigenvalue weighted by atomic mass is 10.1. The van der Waals surface area contributed by atoms with Crippen molar-refractivity contribution in [2.75, 3.05) is 31.1 Å². The summed E-state index contributed by atoms with van der Waals surface area (Å²) in [7, 11) is 0. The van der Waals surface area contributed by atoms with Crippen LogP contribution in [0.2, 0.25) is 0 Å². The zero-order chi connectivity index (χ0) is 25.4. The summed E-state index contributed by atoms with van der Waals surface area (Å²) in [6.45, 7) is 1.53. The number of carbonyl (C=O) groups is 2. The van der Waals surface area contributed by atoms with Crippen molar-refractivity contribution in [2.45, 2.75) is 0 Å². The molecule has 1 saturated heterocycles. The van der Waals surface area contributed by atoms with Gasteiger partial charge in [-0.25, -0.2) is 24.0 Å². The number of nitrogens with zero attached hydrogens (tertiary/aromatic N) is 8. The Kier molecular flexibility index (Phi) is 5.60. The number of anilines is 1. The number of hydrogen-bond acceptors (Lipinski definition) is 8. The molecule has 1 fully saturated rings. The highest BCUT2D eigenvalue weighted by Gasteiger charge is 2.30. The number of aromatic amines is 1. The average molecular weight is 497 g/mol. The number of rotatable bonds is 5. The maximum atomic E-state index is 14.7. The van der Waals surface area contributed by atoms with Crippen molar-refractivity contribution in [3.63, 3.8) is 0 Å². The van der Waals surface area contributed by atoms with E-state index in [-0.39, 0.29) is 22.3 Å². The third kappa shape index (κ3) is 4.07. The van der Waals surface area contributed by atoms with Crippen LogP contribution >= 0.6 is 0 Å². The van der Waals surface area contributed by atoms with Crippen molar-refractivity contribution in [1.82, 2.24) is 39.8 Å². The van der Waals surface area contributed by atoms with E-state index >= 15 is 0 Å². The normalized spacial score (nSPS) is 13.8. The number of pyridine rings is 1. The number of Topliss-reactive ketones (excluding diaryl/α,β-unsaturated/α-hetero) is 1. The molecule has 5 heterocycles. The number of halogens is 1. The van der Waals surface area contributed by atoms with Crippen LogP contribution in [0.4, 0.5) is 10.3 Å². The van der Waals surface area contributed by atoms with E-state index in [2.05, 4.69) is 30.2 Å². The molecule has 1 N–H and O–H groups in total. The van der Waals surface area contributed by atoms with Crippen molar-refractivity contribution in [1.29, 1.82) is 0 Å². The lowest BCUT2D eigenvalue weighted by molar-refractivity contribution is -0.126. The zero-order valence-corrected chi connectivity index (χ0v) is 19.5. The third-order valence-corrected chi connectivity index (χ3v) is 6.28. The van der Waals surface area contributed by atoms with E-state index in [0.717, 1.165) is 17.5 Å². The number of fused-ring (bicyclic) bond motifs is 1. The van der Waals surface area contributed by atoms with Gasteiger partial charge in [0.05, 0.1) is 40.8 Å². The number of benzene rings is 1. The lowest BCUT2D eigenvalue weighted by Crippen LogP contribution is -2.51. The maximum absolute atomic E-state index is 14.7. The van der Waals surface area contributed by atoms with Gasteiger partial charge in [-0.05, 0) is 6.07 Å². The number of amides is 1.